The van der Waals surface area contributed by atoms with Gasteiger partial charge in [0.15, 0.2) is 0 Å². The minimum absolute atomic E-state index is 0.0927. The molecule has 6 saturated carbocycles. The van der Waals surface area contributed by atoms with Crippen LogP contribution >= 0.6 is 0 Å². The van der Waals surface area contributed by atoms with E-state index in [4.69, 9.17) is 14.0 Å². The number of aliphatic carboxylic acids is 1. The lowest BCUT2D eigenvalue weighted by molar-refractivity contribution is -0.213. The number of carbonyl (C=O) groups excluding carboxylic acids is 2. The minimum Gasteiger partial charge on any atom is -0.481 e. The molecular formula is C22H28F2O9S. The van der Waals surface area contributed by atoms with E-state index in [2.05, 4.69) is 0 Å². The highest BCUT2D eigenvalue weighted by atomic mass is 32.2. The van der Waals surface area contributed by atoms with Gasteiger partial charge in [0.05, 0.1) is 11.8 Å². The number of rotatable bonds is 6. The van der Waals surface area contributed by atoms with Gasteiger partial charge in [-0.2, -0.15) is 17.2 Å². The Labute approximate surface area is 195 Å². The van der Waals surface area contributed by atoms with Crippen LogP contribution in [0.5, 0.6) is 0 Å². The molecule has 6 rings (SSSR count). The summed E-state index contributed by atoms with van der Waals surface area (Å²) in [6.45, 7) is 1.91. The lowest BCUT2D eigenvalue weighted by Gasteiger charge is -2.59. The highest BCUT2D eigenvalue weighted by Crippen LogP contribution is 2.61. The Morgan fingerprint density at radius 1 is 0.941 bits per heavy atom. The maximum atomic E-state index is 13.7. The molecule has 0 aromatic heterocycles. The first-order chi connectivity index (χ1) is 15.7. The molecule has 0 spiro atoms. The van der Waals surface area contributed by atoms with Gasteiger partial charge in [-0.05, 0) is 81.5 Å². The van der Waals surface area contributed by atoms with E-state index in [0.29, 0.717) is 11.8 Å². The third kappa shape index (κ3) is 3.46. The van der Waals surface area contributed by atoms with Crippen LogP contribution in [0.4, 0.5) is 8.78 Å². The average molecular weight is 507 g/mol. The fraction of sp³-hybridized carbons (Fsp3) is 0.864. The summed E-state index contributed by atoms with van der Waals surface area (Å²) in [4.78, 5) is 37.2. The molecule has 2 N–H and O–H groups in total. The second-order valence-electron chi connectivity index (χ2n) is 11.1. The molecule has 9 nitrogen and oxygen atoms in total. The number of carboxylic acids is 1. The van der Waals surface area contributed by atoms with Crippen molar-refractivity contribution in [2.24, 2.45) is 47.3 Å². The molecule has 0 radical (unpaired) electrons. The van der Waals surface area contributed by atoms with E-state index in [-0.39, 0.29) is 24.7 Å². The van der Waals surface area contributed by atoms with Crippen LogP contribution in [-0.4, -0.2) is 52.9 Å². The standard InChI is InChI=1S/C22H28F2O9S/c1-21(12-3-9-2-10(5-12)6-13(21)4-9)33-19(27)17-14-7-11(16(17)18(25)26)8-15(14)32-20(28)22(23,24)34(29,30)31/h9-17H,2-8H2,1H3,(H,25,26)(H,29,30,31). The third-order valence-electron chi connectivity index (χ3n) is 9.40. The van der Waals surface area contributed by atoms with Gasteiger partial charge >= 0.3 is 33.3 Å². The number of carboxylic acid groups (broad SMARTS) is 1. The second-order valence-corrected chi connectivity index (χ2v) is 12.6. The maximum Gasteiger partial charge on any atom is 0.465 e. The topological polar surface area (TPSA) is 144 Å². The van der Waals surface area contributed by atoms with Crippen LogP contribution in [0.3, 0.4) is 0 Å². The monoisotopic (exact) mass is 506 g/mol. The van der Waals surface area contributed by atoms with Crippen LogP contribution in [0.15, 0.2) is 0 Å². The first-order valence-electron chi connectivity index (χ1n) is 11.7. The van der Waals surface area contributed by atoms with Gasteiger partial charge in [0.2, 0.25) is 0 Å². The molecule has 12 heteroatoms. The molecule has 34 heavy (non-hydrogen) atoms. The number of alkyl halides is 2. The molecule has 190 valence electrons. The number of halogens is 2. The number of ether oxygens (including phenoxy) is 2. The summed E-state index contributed by atoms with van der Waals surface area (Å²) in [5.74, 6) is -6.54. The fourth-order valence-electron chi connectivity index (χ4n) is 8.00. The lowest BCUT2D eigenvalue weighted by Crippen LogP contribution is -2.59. The van der Waals surface area contributed by atoms with Crippen molar-refractivity contribution in [2.45, 2.75) is 68.8 Å². The largest absolute Gasteiger partial charge is 0.481 e. The van der Waals surface area contributed by atoms with Gasteiger partial charge < -0.3 is 14.6 Å². The van der Waals surface area contributed by atoms with Crippen LogP contribution in [-0.2, 0) is 34.0 Å². The van der Waals surface area contributed by atoms with Crippen LogP contribution in [0, 0.1) is 47.3 Å². The van der Waals surface area contributed by atoms with E-state index in [1.54, 1.807) is 0 Å². The van der Waals surface area contributed by atoms with E-state index in [0.717, 1.165) is 25.7 Å². The molecule has 0 saturated heterocycles. The number of hydrogen-bond acceptors (Lipinski definition) is 7. The third-order valence-corrected chi connectivity index (χ3v) is 10.2. The van der Waals surface area contributed by atoms with Crippen molar-refractivity contribution < 1.29 is 50.7 Å². The Kier molecular flexibility index (Phi) is 5.33. The number of fused-ring (bicyclic) bond motifs is 2. The van der Waals surface area contributed by atoms with Crippen molar-refractivity contribution in [3.05, 3.63) is 0 Å². The zero-order valence-corrected chi connectivity index (χ0v) is 19.4. The lowest BCUT2D eigenvalue weighted by atomic mass is 9.50. The normalized spacial score (nSPS) is 44.8. The van der Waals surface area contributed by atoms with Crippen molar-refractivity contribution in [1.29, 1.82) is 0 Å². The molecule has 6 aliphatic rings. The van der Waals surface area contributed by atoms with Crippen LogP contribution in [0.25, 0.3) is 0 Å². The van der Waals surface area contributed by atoms with E-state index in [1.807, 2.05) is 6.92 Å². The maximum absolute atomic E-state index is 13.7. The average Bonchev–Trinajstić information content (AvgIpc) is 3.29. The van der Waals surface area contributed by atoms with Gasteiger partial charge in [-0.1, -0.05) is 0 Å². The molecular weight excluding hydrogens is 478 g/mol. The number of esters is 2. The quantitative estimate of drug-likeness (QED) is 0.410. The molecule has 6 fully saturated rings. The molecule has 0 heterocycles. The minimum atomic E-state index is -6.04. The summed E-state index contributed by atoms with van der Waals surface area (Å²) in [6.07, 6.45) is 3.82. The highest BCUT2D eigenvalue weighted by Gasteiger charge is 2.64. The van der Waals surface area contributed by atoms with Gasteiger partial charge in [0, 0.05) is 5.92 Å². The van der Waals surface area contributed by atoms with Gasteiger partial charge in [0.25, 0.3) is 0 Å². The Hall–Kier alpha value is -1.82. The van der Waals surface area contributed by atoms with E-state index >= 15 is 0 Å². The zero-order valence-electron chi connectivity index (χ0n) is 18.6. The molecule has 5 unspecified atom stereocenters. The molecule has 0 aromatic rings. The predicted molar refractivity (Wildman–Crippen MR) is 109 cm³/mol. The van der Waals surface area contributed by atoms with Gasteiger partial charge in [-0.15, -0.1) is 0 Å². The Balaban J connectivity index is 1.35. The van der Waals surface area contributed by atoms with Crippen molar-refractivity contribution in [3.8, 4) is 0 Å². The predicted octanol–water partition coefficient (Wildman–Crippen LogP) is 2.49. The molecule has 0 aliphatic heterocycles. The van der Waals surface area contributed by atoms with E-state index < -0.39 is 68.7 Å². The summed E-state index contributed by atoms with van der Waals surface area (Å²) < 4.78 is 68.6. The fourth-order valence-corrected chi connectivity index (χ4v) is 8.26. The van der Waals surface area contributed by atoms with Crippen molar-refractivity contribution >= 4 is 28.0 Å². The first kappa shape index (κ1) is 23.9. The number of hydrogen-bond donors (Lipinski definition) is 2. The van der Waals surface area contributed by atoms with Gasteiger partial charge in [-0.3, -0.25) is 14.1 Å². The van der Waals surface area contributed by atoms with E-state index in [1.165, 1.54) is 6.42 Å². The van der Waals surface area contributed by atoms with Crippen LogP contribution in [0.2, 0.25) is 0 Å². The molecule has 6 aliphatic carbocycles. The number of carbonyl (C=O) groups is 3. The molecule has 0 aromatic carbocycles. The first-order valence-corrected chi connectivity index (χ1v) is 13.2. The summed E-state index contributed by atoms with van der Waals surface area (Å²) in [6, 6.07) is 0. The highest BCUT2D eigenvalue weighted by molar-refractivity contribution is 7.87. The van der Waals surface area contributed by atoms with Crippen molar-refractivity contribution in [2.75, 3.05) is 0 Å². The van der Waals surface area contributed by atoms with Crippen molar-refractivity contribution in [1.82, 2.24) is 0 Å². The summed E-state index contributed by atoms with van der Waals surface area (Å²) >= 11 is 0. The zero-order chi connectivity index (χ0) is 24.8. The van der Waals surface area contributed by atoms with Crippen LogP contribution in [0.1, 0.15) is 51.9 Å². The molecule has 6 bridgehead atoms. The summed E-state index contributed by atoms with van der Waals surface area (Å²) in [5, 5.41) is 4.62. The Morgan fingerprint density at radius 2 is 1.50 bits per heavy atom. The Morgan fingerprint density at radius 3 is 2.00 bits per heavy atom. The second kappa shape index (κ2) is 7.59. The van der Waals surface area contributed by atoms with E-state index in [9.17, 15) is 36.7 Å². The van der Waals surface area contributed by atoms with Crippen LogP contribution < -0.4 is 0 Å². The summed E-state index contributed by atoms with van der Waals surface area (Å²) in [5.41, 5.74) is -0.723. The molecule has 0 amide bonds. The van der Waals surface area contributed by atoms with Gasteiger partial charge in [0.1, 0.15) is 11.7 Å². The smallest absolute Gasteiger partial charge is 0.465 e. The Bertz CT molecular complexity index is 997. The van der Waals surface area contributed by atoms with Crippen molar-refractivity contribution in [3.63, 3.8) is 0 Å². The van der Waals surface area contributed by atoms with Gasteiger partial charge in [-0.25, -0.2) is 4.79 Å². The summed E-state index contributed by atoms with van der Waals surface area (Å²) in [7, 11) is -6.04. The molecule has 5 atom stereocenters. The SMILES string of the molecule is CC1(OC(=O)C2C3CC(CC3OC(=O)C(F)(F)S(=O)(=O)O)C2C(=O)O)C2CC3CC(C2)CC1C3.